The van der Waals surface area contributed by atoms with Gasteiger partial charge < -0.3 is 5.32 Å². The molecular weight excluding hydrogens is 404 g/mol. The van der Waals surface area contributed by atoms with Crippen molar-refractivity contribution in [3.63, 3.8) is 0 Å². The third kappa shape index (κ3) is 6.08. The molecule has 0 unspecified atom stereocenters. The molecule has 0 saturated carbocycles. The molecule has 0 radical (unpaired) electrons. The van der Waals surface area contributed by atoms with Crippen molar-refractivity contribution in [2.75, 3.05) is 5.75 Å². The van der Waals surface area contributed by atoms with Crippen LogP contribution in [-0.2, 0) is 4.79 Å². The van der Waals surface area contributed by atoms with Crippen LogP contribution in [0.15, 0.2) is 59.8 Å². The number of nitrogens with zero attached hydrogens (tertiary/aromatic N) is 3. The first-order valence-corrected chi connectivity index (χ1v) is 10.9. The molecule has 5 nitrogen and oxygen atoms in total. The van der Waals surface area contributed by atoms with Crippen LogP contribution in [0, 0.1) is 0 Å². The number of hydrogen-bond acceptors (Lipinski definition) is 4. The normalized spacial score (nSPS) is 11.4. The zero-order valence-corrected chi connectivity index (χ0v) is 18.4. The summed E-state index contributed by atoms with van der Waals surface area (Å²) in [6.45, 7) is 5.96. The van der Waals surface area contributed by atoms with E-state index in [0.29, 0.717) is 11.4 Å². The van der Waals surface area contributed by atoms with Gasteiger partial charge in [-0.2, -0.15) is 0 Å². The fourth-order valence-corrected chi connectivity index (χ4v) is 3.85. The molecule has 3 aromatic rings. The molecule has 0 fully saturated rings. The van der Waals surface area contributed by atoms with E-state index in [1.54, 1.807) is 11.8 Å². The van der Waals surface area contributed by atoms with Crippen LogP contribution in [0.1, 0.15) is 33.6 Å². The Hall–Kier alpha value is -2.31. The van der Waals surface area contributed by atoms with E-state index in [4.69, 9.17) is 11.6 Å². The van der Waals surface area contributed by atoms with E-state index in [9.17, 15) is 4.79 Å². The number of carbonyl (C=O) groups excluding carboxylic acids is 1. The summed E-state index contributed by atoms with van der Waals surface area (Å²) in [5, 5.41) is 13.3. The van der Waals surface area contributed by atoms with Crippen LogP contribution >= 0.6 is 23.4 Å². The molecule has 7 heteroatoms. The van der Waals surface area contributed by atoms with Gasteiger partial charge in [-0.15, -0.1) is 10.2 Å². The van der Waals surface area contributed by atoms with Gasteiger partial charge in [0.15, 0.2) is 11.0 Å². The third-order valence-electron chi connectivity index (χ3n) is 4.04. The Morgan fingerprint density at radius 1 is 1.07 bits per heavy atom. The van der Waals surface area contributed by atoms with E-state index < -0.39 is 0 Å². The van der Waals surface area contributed by atoms with Crippen LogP contribution in [0.3, 0.4) is 0 Å². The number of nitrogens with one attached hydrogen (secondary N) is 1. The zero-order chi connectivity index (χ0) is 20.9. The quantitative estimate of drug-likeness (QED) is 0.405. The number of benzene rings is 2. The van der Waals surface area contributed by atoms with Crippen molar-refractivity contribution in [1.82, 2.24) is 20.1 Å². The van der Waals surface area contributed by atoms with Crippen molar-refractivity contribution in [1.29, 1.82) is 0 Å². The van der Waals surface area contributed by atoms with Gasteiger partial charge >= 0.3 is 0 Å². The molecule has 0 aliphatic carbocycles. The summed E-state index contributed by atoms with van der Waals surface area (Å²) in [5.41, 5.74) is 1.74. The maximum absolute atomic E-state index is 12.0. The summed E-state index contributed by atoms with van der Waals surface area (Å²) in [6, 6.07) is 17.6. The molecule has 0 atom stereocenters. The van der Waals surface area contributed by atoms with Gasteiger partial charge in [0.2, 0.25) is 5.91 Å². The molecular formula is C22H25ClN4OS. The van der Waals surface area contributed by atoms with Crippen molar-refractivity contribution in [3.8, 4) is 17.1 Å². The Morgan fingerprint density at radius 3 is 2.41 bits per heavy atom. The van der Waals surface area contributed by atoms with Crippen molar-refractivity contribution < 1.29 is 4.79 Å². The first-order chi connectivity index (χ1) is 13.8. The fourth-order valence-electron chi connectivity index (χ4n) is 2.84. The minimum atomic E-state index is -0.203. The van der Waals surface area contributed by atoms with E-state index in [2.05, 4.69) is 15.5 Å². The van der Waals surface area contributed by atoms with E-state index in [-0.39, 0.29) is 11.4 Å². The van der Waals surface area contributed by atoms with E-state index in [1.807, 2.05) is 79.9 Å². The summed E-state index contributed by atoms with van der Waals surface area (Å²) in [7, 11) is 0. The second-order valence-electron chi connectivity index (χ2n) is 7.73. The van der Waals surface area contributed by atoms with Gasteiger partial charge in [0.25, 0.3) is 0 Å². The molecule has 1 N–H and O–H groups in total. The second kappa shape index (κ2) is 9.46. The summed E-state index contributed by atoms with van der Waals surface area (Å²) < 4.78 is 2.04. The van der Waals surface area contributed by atoms with Gasteiger partial charge in [-0.3, -0.25) is 9.36 Å². The molecule has 1 heterocycles. The number of halogens is 1. The lowest BCUT2D eigenvalue weighted by molar-refractivity contribution is -0.122. The lowest BCUT2D eigenvalue weighted by Gasteiger charge is -2.20. The molecule has 0 aliphatic rings. The highest BCUT2D eigenvalue weighted by atomic mass is 35.5. The van der Waals surface area contributed by atoms with Crippen LogP contribution in [0.25, 0.3) is 17.1 Å². The van der Waals surface area contributed by atoms with Crippen LogP contribution in [0.4, 0.5) is 0 Å². The number of hydrogen-bond donors (Lipinski definition) is 1. The zero-order valence-electron chi connectivity index (χ0n) is 16.9. The highest BCUT2D eigenvalue weighted by Crippen LogP contribution is 2.29. The summed E-state index contributed by atoms with van der Waals surface area (Å²) in [4.78, 5) is 12.0. The number of carbonyl (C=O) groups is 1. The Morgan fingerprint density at radius 2 is 1.76 bits per heavy atom. The lowest BCUT2D eigenvalue weighted by atomic mass is 10.1. The number of thioether (sulfide) groups is 1. The Bertz CT molecular complexity index is 949. The van der Waals surface area contributed by atoms with Crippen molar-refractivity contribution in [3.05, 3.63) is 59.6 Å². The van der Waals surface area contributed by atoms with Crippen molar-refractivity contribution >= 4 is 29.3 Å². The molecule has 29 heavy (non-hydrogen) atoms. The SMILES string of the molecule is CC(C)(C)NC(=O)CCCSc1nnc(-c2ccc(Cl)cc2)n1-c1ccccc1. The monoisotopic (exact) mass is 428 g/mol. The summed E-state index contributed by atoms with van der Waals surface area (Å²) in [5.74, 6) is 1.62. The third-order valence-corrected chi connectivity index (χ3v) is 5.31. The molecule has 0 saturated heterocycles. The van der Waals surface area contributed by atoms with Gasteiger partial charge in [-0.05, 0) is 63.6 Å². The van der Waals surface area contributed by atoms with Crippen molar-refractivity contribution in [2.24, 2.45) is 0 Å². The van der Waals surface area contributed by atoms with E-state index in [0.717, 1.165) is 34.4 Å². The topological polar surface area (TPSA) is 59.8 Å². The number of para-hydroxylation sites is 1. The molecule has 0 bridgehead atoms. The largest absolute Gasteiger partial charge is 0.352 e. The van der Waals surface area contributed by atoms with Crippen LogP contribution in [0.5, 0.6) is 0 Å². The minimum absolute atomic E-state index is 0.0736. The fraction of sp³-hybridized carbons (Fsp3) is 0.318. The first kappa shape index (κ1) is 21.4. The highest BCUT2D eigenvalue weighted by molar-refractivity contribution is 7.99. The molecule has 1 amide bonds. The van der Waals surface area contributed by atoms with Gasteiger partial charge in [0, 0.05) is 34.0 Å². The number of amides is 1. The molecule has 1 aromatic heterocycles. The van der Waals surface area contributed by atoms with Crippen LogP contribution in [-0.4, -0.2) is 32.0 Å². The second-order valence-corrected chi connectivity index (χ2v) is 9.23. The molecule has 0 aliphatic heterocycles. The van der Waals surface area contributed by atoms with Crippen LogP contribution in [0.2, 0.25) is 5.02 Å². The highest BCUT2D eigenvalue weighted by Gasteiger charge is 2.17. The van der Waals surface area contributed by atoms with Gasteiger partial charge in [-0.1, -0.05) is 41.6 Å². The van der Waals surface area contributed by atoms with Crippen LogP contribution < -0.4 is 5.32 Å². The lowest BCUT2D eigenvalue weighted by Crippen LogP contribution is -2.40. The molecule has 0 spiro atoms. The maximum Gasteiger partial charge on any atom is 0.220 e. The van der Waals surface area contributed by atoms with E-state index in [1.165, 1.54) is 0 Å². The Balaban J connectivity index is 1.75. The smallest absolute Gasteiger partial charge is 0.220 e. The summed E-state index contributed by atoms with van der Waals surface area (Å²) in [6.07, 6.45) is 1.26. The Kier molecular flexibility index (Phi) is 6.98. The molecule has 2 aromatic carbocycles. The minimum Gasteiger partial charge on any atom is -0.352 e. The number of rotatable bonds is 7. The van der Waals surface area contributed by atoms with Gasteiger partial charge in [0.1, 0.15) is 0 Å². The predicted molar refractivity (Wildman–Crippen MR) is 120 cm³/mol. The molecule has 3 rings (SSSR count). The maximum atomic E-state index is 12.0. The molecule has 152 valence electrons. The van der Waals surface area contributed by atoms with Gasteiger partial charge in [0.05, 0.1) is 0 Å². The standard InChI is InChI=1S/C22H25ClN4OS/c1-22(2,3)24-19(28)10-7-15-29-21-26-25-20(16-11-13-17(23)14-12-16)27(21)18-8-5-4-6-9-18/h4-6,8-9,11-14H,7,10,15H2,1-3H3,(H,24,28). The average Bonchev–Trinajstić information content (AvgIpc) is 3.09. The van der Waals surface area contributed by atoms with E-state index >= 15 is 0 Å². The van der Waals surface area contributed by atoms with Crippen molar-refractivity contribution in [2.45, 2.75) is 44.3 Å². The first-order valence-electron chi connectivity index (χ1n) is 9.54. The average molecular weight is 429 g/mol. The van der Waals surface area contributed by atoms with Gasteiger partial charge in [-0.25, -0.2) is 0 Å². The Labute approximate surface area is 180 Å². The number of aromatic nitrogens is 3. The summed E-state index contributed by atoms with van der Waals surface area (Å²) >= 11 is 7.64. The predicted octanol–water partition coefficient (Wildman–Crippen LogP) is 5.37.